The highest BCUT2D eigenvalue weighted by atomic mass is 19.1. The lowest BCUT2D eigenvalue weighted by Crippen LogP contribution is -2.23. The van der Waals surface area contributed by atoms with Crippen molar-refractivity contribution in [2.75, 3.05) is 0 Å². The number of hydrogen-bond acceptors (Lipinski definition) is 2. The minimum atomic E-state index is -0.353. The van der Waals surface area contributed by atoms with Gasteiger partial charge in [0.1, 0.15) is 11.6 Å². The van der Waals surface area contributed by atoms with Crippen molar-refractivity contribution < 1.29 is 8.78 Å². The molecule has 2 rings (SSSR count). The predicted molar refractivity (Wildman–Crippen MR) is 70.6 cm³/mol. The zero-order chi connectivity index (χ0) is 13.8. The van der Waals surface area contributed by atoms with Crippen LogP contribution in [0.3, 0.4) is 0 Å². The number of nitrogens with one attached hydrogen (secondary N) is 1. The average Bonchev–Trinajstić information content (AvgIpc) is 2.39. The molecule has 0 radical (unpaired) electrons. The summed E-state index contributed by atoms with van der Waals surface area (Å²) in [6.07, 6.45) is 1.19. The van der Waals surface area contributed by atoms with Gasteiger partial charge in [0.05, 0.1) is 11.9 Å². The third-order valence-corrected chi connectivity index (χ3v) is 3.04. The van der Waals surface area contributed by atoms with Crippen LogP contribution >= 0.6 is 0 Å². The van der Waals surface area contributed by atoms with Crippen molar-refractivity contribution in [2.45, 2.75) is 25.9 Å². The van der Waals surface area contributed by atoms with Crippen LogP contribution in [0.2, 0.25) is 0 Å². The molecule has 1 unspecified atom stereocenters. The van der Waals surface area contributed by atoms with Gasteiger partial charge in [-0.1, -0.05) is 12.1 Å². The number of benzene rings is 1. The van der Waals surface area contributed by atoms with E-state index in [0.717, 1.165) is 11.3 Å². The van der Waals surface area contributed by atoms with Gasteiger partial charge in [0.25, 0.3) is 0 Å². The van der Waals surface area contributed by atoms with E-state index in [1.165, 1.54) is 24.4 Å². The Morgan fingerprint density at radius 3 is 2.42 bits per heavy atom. The SMILES string of the molecule is CC(N[C@@H](C)c1cccc(F)c1)c1ccc(F)cn1. The van der Waals surface area contributed by atoms with Gasteiger partial charge >= 0.3 is 0 Å². The quantitative estimate of drug-likeness (QED) is 0.907. The lowest BCUT2D eigenvalue weighted by atomic mass is 10.1. The van der Waals surface area contributed by atoms with Crippen molar-refractivity contribution >= 4 is 0 Å². The lowest BCUT2D eigenvalue weighted by Gasteiger charge is -2.20. The van der Waals surface area contributed by atoms with Gasteiger partial charge in [-0.05, 0) is 43.7 Å². The molecule has 0 spiro atoms. The van der Waals surface area contributed by atoms with Crippen molar-refractivity contribution in [1.29, 1.82) is 0 Å². The first-order valence-corrected chi connectivity index (χ1v) is 6.19. The van der Waals surface area contributed by atoms with E-state index >= 15 is 0 Å². The molecule has 2 nitrogen and oxygen atoms in total. The number of hydrogen-bond donors (Lipinski definition) is 1. The van der Waals surface area contributed by atoms with E-state index in [1.807, 2.05) is 19.9 Å². The standard InChI is InChI=1S/C15H16F2N2/c1-10(12-4-3-5-13(16)8-12)19-11(2)15-7-6-14(17)9-18-15/h3-11,19H,1-2H3/t10-,11?/m0/s1. The summed E-state index contributed by atoms with van der Waals surface area (Å²) in [5.74, 6) is -0.604. The molecule has 0 saturated heterocycles. The maximum Gasteiger partial charge on any atom is 0.141 e. The molecule has 0 aliphatic carbocycles. The van der Waals surface area contributed by atoms with Crippen LogP contribution in [0, 0.1) is 11.6 Å². The van der Waals surface area contributed by atoms with Crippen LogP contribution in [-0.4, -0.2) is 4.98 Å². The topological polar surface area (TPSA) is 24.9 Å². The largest absolute Gasteiger partial charge is 0.302 e. The number of rotatable bonds is 4. The van der Waals surface area contributed by atoms with Crippen LogP contribution in [0.1, 0.15) is 37.2 Å². The predicted octanol–water partition coefficient (Wildman–Crippen LogP) is 3.77. The highest BCUT2D eigenvalue weighted by Crippen LogP contribution is 2.18. The van der Waals surface area contributed by atoms with Gasteiger partial charge in [0.15, 0.2) is 0 Å². The van der Waals surface area contributed by atoms with Crippen molar-refractivity contribution in [1.82, 2.24) is 10.3 Å². The molecular formula is C15H16F2N2. The molecule has 0 amide bonds. The Morgan fingerprint density at radius 2 is 1.79 bits per heavy atom. The van der Waals surface area contributed by atoms with E-state index in [2.05, 4.69) is 10.3 Å². The van der Waals surface area contributed by atoms with Gasteiger partial charge in [0.2, 0.25) is 0 Å². The van der Waals surface area contributed by atoms with Gasteiger partial charge < -0.3 is 5.32 Å². The van der Waals surface area contributed by atoms with Gasteiger partial charge in [-0.3, -0.25) is 4.98 Å². The Kier molecular flexibility index (Phi) is 4.22. The molecule has 0 saturated carbocycles. The van der Waals surface area contributed by atoms with Crippen LogP contribution in [0.25, 0.3) is 0 Å². The minimum absolute atomic E-state index is 0.0162. The summed E-state index contributed by atoms with van der Waals surface area (Å²) in [5.41, 5.74) is 1.62. The molecule has 1 aromatic heterocycles. The van der Waals surface area contributed by atoms with Crippen molar-refractivity contribution in [3.05, 3.63) is 65.5 Å². The van der Waals surface area contributed by atoms with E-state index in [1.54, 1.807) is 12.1 Å². The molecule has 100 valence electrons. The van der Waals surface area contributed by atoms with Crippen LogP contribution in [0.5, 0.6) is 0 Å². The first kappa shape index (κ1) is 13.6. The zero-order valence-electron chi connectivity index (χ0n) is 10.9. The fraction of sp³-hybridized carbons (Fsp3) is 0.267. The van der Waals surface area contributed by atoms with Gasteiger partial charge in [-0.25, -0.2) is 8.78 Å². The molecule has 4 heteroatoms. The monoisotopic (exact) mass is 262 g/mol. The zero-order valence-corrected chi connectivity index (χ0v) is 10.9. The Bertz CT molecular complexity index is 540. The normalized spacial score (nSPS) is 14.1. The molecular weight excluding hydrogens is 246 g/mol. The van der Waals surface area contributed by atoms with E-state index in [0.29, 0.717) is 0 Å². The second kappa shape index (κ2) is 5.89. The fourth-order valence-corrected chi connectivity index (χ4v) is 1.98. The maximum atomic E-state index is 13.2. The summed E-state index contributed by atoms with van der Waals surface area (Å²) in [6.45, 7) is 3.89. The first-order chi connectivity index (χ1) is 9.06. The molecule has 2 atom stereocenters. The molecule has 1 N–H and O–H groups in total. The molecule has 0 aliphatic heterocycles. The van der Waals surface area contributed by atoms with Crippen molar-refractivity contribution in [3.63, 3.8) is 0 Å². The van der Waals surface area contributed by atoms with E-state index in [9.17, 15) is 8.78 Å². The highest BCUT2D eigenvalue weighted by molar-refractivity contribution is 5.20. The van der Waals surface area contributed by atoms with Crippen LogP contribution in [-0.2, 0) is 0 Å². The van der Waals surface area contributed by atoms with Gasteiger partial charge in [-0.15, -0.1) is 0 Å². The van der Waals surface area contributed by atoms with Crippen LogP contribution < -0.4 is 5.32 Å². The second-order valence-electron chi connectivity index (χ2n) is 4.57. The van der Waals surface area contributed by atoms with E-state index in [4.69, 9.17) is 0 Å². The van der Waals surface area contributed by atoms with Crippen LogP contribution in [0.15, 0.2) is 42.6 Å². The molecule has 1 aromatic carbocycles. The smallest absolute Gasteiger partial charge is 0.141 e. The third kappa shape index (κ3) is 3.58. The minimum Gasteiger partial charge on any atom is -0.302 e. The highest BCUT2D eigenvalue weighted by Gasteiger charge is 2.12. The Balaban J connectivity index is 2.06. The summed E-state index contributed by atoms with van der Waals surface area (Å²) in [6, 6.07) is 9.44. The third-order valence-electron chi connectivity index (χ3n) is 3.04. The number of pyridine rings is 1. The molecule has 19 heavy (non-hydrogen) atoms. The Morgan fingerprint density at radius 1 is 1.00 bits per heavy atom. The van der Waals surface area contributed by atoms with E-state index in [-0.39, 0.29) is 23.7 Å². The molecule has 0 aliphatic rings. The molecule has 0 bridgehead atoms. The summed E-state index contributed by atoms with van der Waals surface area (Å²) in [7, 11) is 0. The van der Waals surface area contributed by atoms with E-state index < -0.39 is 0 Å². The maximum absolute atomic E-state index is 13.2. The Labute approximate surface area is 111 Å². The second-order valence-corrected chi connectivity index (χ2v) is 4.57. The molecule has 0 fully saturated rings. The molecule has 1 heterocycles. The summed E-state index contributed by atoms with van der Waals surface area (Å²) in [4.78, 5) is 4.03. The fourth-order valence-electron chi connectivity index (χ4n) is 1.98. The first-order valence-electron chi connectivity index (χ1n) is 6.19. The summed E-state index contributed by atoms with van der Waals surface area (Å²) < 4.78 is 25.9. The number of aromatic nitrogens is 1. The summed E-state index contributed by atoms with van der Waals surface area (Å²) >= 11 is 0. The van der Waals surface area contributed by atoms with Gasteiger partial charge in [0, 0.05) is 12.1 Å². The molecule has 2 aromatic rings. The van der Waals surface area contributed by atoms with Crippen LogP contribution in [0.4, 0.5) is 8.78 Å². The van der Waals surface area contributed by atoms with Gasteiger partial charge in [-0.2, -0.15) is 0 Å². The van der Waals surface area contributed by atoms with Crippen molar-refractivity contribution in [3.8, 4) is 0 Å². The Hall–Kier alpha value is -1.81. The average molecular weight is 262 g/mol. The number of nitrogens with zero attached hydrogens (tertiary/aromatic N) is 1. The lowest BCUT2D eigenvalue weighted by molar-refractivity contribution is 0.482. The van der Waals surface area contributed by atoms with Crippen molar-refractivity contribution in [2.24, 2.45) is 0 Å². The summed E-state index contributed by atoms with van der Waals surface area (Å²) in [5, 5.41) is 3.31. The number of halogens is 2.